The maximum Gasteiger partial charge on any atom is 0.188 e. The van der Waals surface area contributed by atoms with Crippen molar-refractivity contribution in [3.8, 4) is 0 Å². The van der Waals surface area contributed by atoms with Gasteiger partial charge in [-0.1, -0.05) is 44.9 Å². The van der Waals surface area contributed by atoms with E-state index < -0.39 is 0 Å². The van der Waals surface area contributed by atoms with Crippen molar-refractivity contribution in [2.24, 2.45) is 0 Å². The Balaban J connectivity index is 1.99. The molecule has 2 nitrogen and oxygen atoms in total. The van der Waals surface area contributed by atoms with Crippen molar-refractivity contribution in [3.63, 3.8) is 0 Å². The summed E-state index contributed by atoms with van der Waals surface area (Å²) in [5.74, 6) is 0. The van der Waals surface area contributed by atoms with Crippen LogP contribution >= 0.6 is 38.9 Å². The van der Waals surface area contributed by atoms with Crippen molar-refractivity contribution in [2.75, 3.05) is 5.32 Å². The summed E-state index contributed by atoms with van der Waals surface area (Å²) in [4.78, 5) is 4.56. The summed E-state index contributed by atoms with van der Waals surface area (Å²) in [6, 6.07) is 11.9. The van der Waals surface area contributed by atoms with E-state index in [9.17, 15) is 0 Å². The molecule has 2 aromatic carbocycles. The first-order valence-electron chi connectivity index (χ1n) is 5.72. The summed E-state index contributed by atoms with van der Waals surface area (Å²) in [7, 11) is 0. The molecule has 1 N–H and O–H groups in total. The molecule has 0 saturated carbocycles. The number of hydrogen-bond acceptors (Lipinski definition) is 3. The van der Waals surface area contributed by atoms with Gasteiger partial charge < -0.3 is 5.32 Å². The van der Waals surface area contributed by atoms with Crippen LogP contribution in [-0.2, 0) is 0 Å². The molecule has 0 unspecified atom stereocenters. The lowest BCUT2D eigenvalue weighted by Crippen LogP contribution is -1.92. The highest BCUT2D eigenvalue weighted by Gasteiger charge is 2.07. The maximum atomic E-state index is 6.12. The highest BCUT2D eigenvalue weighted by Crippen LogP contribution is 2.32. The Morgan fingerprint density at radius 2 is 2.11 bits per heavy atom. The third-order valence-electron chi connectivity index (χ3n) is 2.86. The molecule has 0 fully saturated rings. The first-order valence-corrected chi connectivity index (χ1v) is 7.70. The Morgan fingerprint density at radius 1 is 1.26 bits per heavy atom. The molecule has 1 aromatic heterocycles. The molecule has 0 spiro atoms. The Labute approximate surface area is 128 Å². The van der Waals surface area contributed by atoms with Crippen LogP contribution in [0.25, 0.3) is 10.2 Å². The van der Waals surface area contributed by atoms with E-state index in [1.165, 1.54) is 0 Å². The largest absolute Gasteiger partial charge is 0.331 e. The molecule has 3 aromatic rings. The lowest BCUT2D eigenvalue weighted by Gasteiger charge is -2.07. The van der Waals surface area contributed by atoms with Gasteiger partial charge in [-0.3, -0.25) is 0 Å². The smallest absolute Gasteiger partial charge is 0.188 e. The highest BCUT2D eigenvalue weighted by molar-refractivity contribution is 9.10. The quantitative estimate of drug-likeness (QED) is 0.633. The number of nitrogens with one attached hydrogen (secondary N) is 1. The number of thiazole rings is 1. The summed E-state index contributed by atoms with van der Waals surface area (Å²) >= 11 is 11.2. The summed E-state index contributed by atoms with van der Waals surface area (Å²) in [6.45, 7) is 1.99. The Bertz CT molecular complexity index is 754. The third kappa shape index (κ3) is 2.61. The maximum absolute atomic E-state index is 6.12. The van der Waals surface area contributed by atoms with Gasteiger partial charge in [0.2, 0.25) is 0 Å². The first kappa shape index (κ1) is 12.9. The number of hydrogen-bond donors (Lipinski definition) is 1. The van der Waals surface area contributed by atoms with E-state index in [1.807, 2.05) is 37.3 Å². The van der Waals surface area contributed by atoms with E-state index in [0.717, 1.165) is 36.1 Å². The Kier molecular flexibility index (Phi) is 3.48. The van der Waals surface area contributed by atoms with Crippen LogP contribution in [0.1, 0.15) is 5.56 Å². The summed E-state index contributed by atoms with van der Waals surface area (Å²) in [5.41, 5.74) is 3.02. The first-order chi connectivity index (χ1) is 9.13. The number of aromatic nitrogens is 1. The van der Waals surface area contributed by atoms with Crippen LogP contribution in [0.3, 0.4) is 0 Å². The van der Waals surface area contributed by atoms with Gasteiger partial charge in [-0.25, -0.2) is 4.98 Å². The van der Waals surface area contributed by atoms with E-state index >= 15 is 0 Å². The third-order valence-corrected chi connectivity index (χ3v) is 4.70. The molecule has 0 aliphatic rings. The van der Waals surface area contributed by atoms with Crippen molar-refractivity contribution < 1.29 is 0 Å². The second-order valence-electron chi connectivity index (χ2n) is 4.17. The summed E-state index contributed by atoms with van der Waals surface area (Å²) in [6.07, 6.45) is 0. The van der Waals surface area contributed by atoms with E-state index in [1.54, 1.807) is 11.3 Å². The second-order valence-corrected chi connectivity index (χ2v) is 6.52. The molecule has 0 atom stereocenters. The minimum atomic E-state index is 0.758. The van der Waals surface area contributed by atoms with Crippen LogP contribution in [0.4, 0.5) is 10.8 Å². The molecule has 0 saturated heterocycles. The topological polar surface area (TPSA) is 24.9 Å². The van der Waals surface area contributed by atoms with Crippen LogP contribution in [-0.4, -0.2) is 4.98 Å². The number of rotatable bonds is 2. The molecule has 1 heterocycles. The normalized spacial score (nSPS) is 10.9. The summed E-state index contributed by atoms with van der Waals surface area (Å²) in [5, 5.41) is 4.96. The number of fused-ring (bicyclic) bond motifs is 1. The average Bonchev–Trinajstić information content (AvgIpc) is 2.76. The van der Waals surface area contributed by atoms with Crippen molar-refractivity contribution in [1.29, 1.82) is 0 Å². The molecular formula is C14H10BrClN2S. The van der Waals surface area contributed by atoms with Gasteiger partial charge in [0.25, 0.3) is 0 Å². The lowest BCUT2D eigenvalue weighted by atomic mass is 10.2. The fraction of sp³-hybridized carbons (Fsp3) is 0.0714. The summed E-state index contributed by atoms with van der Waals surface area (Å²) < 4.78 is 2.21. The molecule has 5 heteroatoms. The van der Waals surface area contributed by atoms with Crippen molar-refractivity contribution in [2.45, 2.75) is 6.92 Å². The van der Waals surface area contributed by atoms with Crippen LogP contribution in [0.5, 0.6) is 0 Å². The van der Waals surface area contributed by atoms with Crippen molar-refractivity contribution in [3.05, 3.63) is 51.5 Å². The minimum Gasteiger partial charge on any atom is -0.331 e. The van der Waals surface area contributed by atoms with Gasteiger partial charge in [0.05, 0.1) is 10.2 Å². The van der Waals surface area contributed by atoms with Crippen molar-refractivity contribution >= 4 is 59.9 Å². The van der Waals surface area contributed by atoms with Gasteiger partial charge in [-0.15, -0.1) is 0 Å². The number of benzene rings is 2. The molecule has 96 valence electrons. The van der Waals surface area contributed by atoms with Gasteiger partial charge in [0.15, 0.2) is 5.13 Å². The molecule has 0 aliphatic carbocycles. The van der Waals surface area contributed by atoms with Gasteiger partial charge in [0.1, 0.15) is 0 Å². The van der Waals surface area contributed by atoms with E-state index in [-0.39, 0.29) is 0 Å². The van der Waals surface area contributed by atoms with E-state index in [4.69, 9.17) is 11.6 Å². The monoisotopic (exact) mass is 352 g/mol. The fourth-order valence-electron chi connectivity index (χ4n) is 1.81. The Hall–Kier alpha value is -1.10. The van der Waals surface area contributed by atoms with Gasteiger partial charge >= 0.3 is 0 Å². The molecule has 19 heavy (non-hydrogen) atoms. The molecular weight excluding hydrogens is 344 g/mol. The molecule has 0 amide bonds. The predicted molar refractivity (Wildman–Crippen MR) is 86.8 cm³/mol. The predicted octanol–water partition coefficient (Wildman–Crippen LogP) is 5.76. The average molecular weight is 354 g/mol. The minimum absolute atomic E-state index is 0.758. The Morgan fingerprint density at radius 3 is 2.95 bits per heavy atom. The van der Waals surface area contributed by atoms with Crippen molar-refractivity contribution in [1.82, 2.24) is 4.98 Å². The van der Waals surface area contributed by atoms with Crippen LogP contribution < -0.4 is 5.32 Å². The SMILES string of the molecule is Cc1c(Cl)cccc1Nc1nc2ccc(Br)cc2s1. The van der Waals surface area contributed by atoms with Crippen LogP contribution in [0.2, 0.25) is 5.02 Å². The lowest BCUT2D eigenvalue weighted by molar-refractivity contribution is 1.39. The standard InChI is InChI=1S/C14H10BrClN2S/c1-8-10(16)3-2-4-11(8)17-14-18-12-6-5-9(15)7-13(12)19-14/h2-7H,1H3,(H,17,18). The van der Waals surface area contributed by atoms with Gasteiger partial charge in [-0.2, -0.15) is 0 Å². The zero-order chi connectivity index (χ0) is 13.4. The number of anilines is 2. The zero-order valence-electron chi connectivity index (χ0n) is 10.1. The van der Waals surface area contributed by atoms with E-state index in [0.29, 0.717) is 0 Å². The molecule has 0 bridgehead atoms. The van der Waals surface area contributed by atoms with Gasteiger partial charge in [-0.05, 0) is 42.8 Å². The fourth-order valence-corrected chi connectivity index (χ4v) is 3.41. The molecule has 0 radical (unpaired) electrons. The van der Waals surface area contributed by atoms with Crippen LogP contribution in [0.15, 0.2) is 40.9 Å². The second kappa shape index (κ2) is 5.12. The molecule has 0 aliphatic heterocycles. The zero-order valence-corrected chi connectivity index (χ0v) is 13.2. The molecule has 3 rings (SSSR count). The van der Waals surface area contributed by atoms with Crippen LogP contribution in [0, 0.1) is 6.92 Å². The number of nitrogens with zero attached hydrogens (tertiary/aromatic N) is 1. The number of halogens is 2. The highest BCUT2D eigenvalue weighted by atomic mass is 79.9. The van der Waals surface area contributed by atoms with Gasteiger partial charge in [0, 0.05) is 15.2 Å². The van der Waals surface area contributed by atoms with E-state index in [2.05, 4.69) is 32.3 Å².